The van der Waals surface area contributed by atoms with Gasteiger partial charge in [0.05, 0.1) is 12.2 Å². The number of amides is 1. The number of aliphatic hydroxyl groups excluding tert-OH is 1. The first kappa shape index (κ1) is 35.4. The van der Waals surface area contributed by atoms with Crippen molar-refractivity contribution in [3.63, 3.8) is 0 Å². The van der Waals surface area contributed by atoms with Crippen molar-refractivity contribution in [1.29, 1.82) is 0 Å². The summed E-state index contributed by atoms with van der Waals surface area (Å²) in [4.78, 5) is 42.2. The predicted octanol–water partition coefficient (Wildman–Crippen LogP) is 3.67. The zero-order valence-electron chi connectivity index (χ0n) is 28.0. The number of ether oxygens (including phenoxy) is 4. The number of nitrogens with two attached hydrogens (primary N) is 1. The number of ketones is 1. The average Bonchev–Trinajstić information content (AvgIpc) is 3.16. The molecule has 3 N–H and O–H groups in total. The highest BCUT2D eigenvalue weighted by molar-refractivity contribution is 6.00. The molecule has 0 aliphatic carbocycles. The van der Waals surface area contributed by atoms with E-state index < -0.39 is 65.6 Å². The number of esters is 1. The van der Waals surface area contributed by atoms with Crippen LogP contribution in [0, 0.1) is 29.1 Å². The van der Waals surface area contributed by atoms with Crippen LogP contribution < -0.4 is 5.84 Å². The molecule has 3 heterocycles. The third kappa shape index (κ3) is 6.81. The second kappa shape index (κ2) is 13.1. The minimum absolute atomic E-state index is 0.0830. The average molecular weight is 610 g/mol. The highest BCUT2D eigenvalue weighted by Gasteiger charge is 2.59. The van der Waals surface area contributed by atoms with Crippen LogP contribution in [-0.2, 0) is 28.5 Å². The van der Waals surface area contributed by atoms with E-state index in [9.17, 15) is 19.5 Å². The molecule has 0 unspecified atom stereocenters. The van der Waals surface area contributed by atoms with E-state index in [1.54, 1.807) is 13.8 Å². The molecule has 0 spiro atoms. The monoisotopic (exact) mass is 609 g/mol. The Morgan fingerprint density at radius 2 is 1.70 bits per heavy atom. The van der Waals surface area contributed by atoms with Gasteiger partial charge in [0.2, 0.25) is 0 Å². The van der Waals surface area contributed by atoms with E-state index in [0.717, 1.165) is 10.6 Å². The van der Waals surface area contributed by atoms with Crippen LogP contribution in [0.25, 0.3) is 0 Å². The highest BCUT2D eigenvalue weighted by atomic mass is 16.7. The van der Waals surface area contributed by atoms with Crippen molar-refractivity contribution in [1.82, 2.24) is 9.91 Å². The Morgan fingerprint density at radius 1 is 1.09 bits per heavy atom. The number of hydrazine groups is 1. The fourth-order valence-corrected chi connectivity index (χ4v) is 7.66. The summed E-state index contributed by atoms with van der Waals surface area (Å²) in [6.07, 6.45) is -2.81. The van der Waals surface area contributed by atoms with Crippen molar-refractivity contribution in [3.8, 4) is 0 Å². The molecule has 3 aliphatic heterocycles. The van der Waals surface area contributed by atoms with Gasteiger partial charge in [-0.1, -0.05) is 53.7 Å². The van der Waals surface area contributed by atoms with Gasteiger partial charge >= 0.3 is 12.1 Å². The van der Waals surface area contributed by atoms with Crippen molar-refractivity contribution < 1.29 is 38.4 Å². The summed E-state index contributed by atoms with van der Waals surface area (Å²) in [7, 11) is 3.81. The van der Waals surface area contributed by atoms with Crippen molar-refractivity contribution in [3.05, 3.63) is 12.2 Å². The molecule has 0 radical (unpaired) electrons. The van der Waals surface area contributed by atoms with Crippen molar-refractivity contribution >= 4 is 17.8 Å². The van der Waals surface area contributed by atoms with Crippen LogP contribution in [0.15, 0.2) is 12.2 Å². The quantitative estimate of drug-likeness (QED) is 0.159. The maximum Gasteiger partial charge on any atom is 0.425 e. The van der Waals surface area contributed by atoms with E-state index in [-0.39, 0.29) is 29.8 Å². The second-order valence-corrected chi connectivity index (χ2v) is 14.2. The number of likely N-dealkylation sites (N-methyl/N-ethyl adjacent to an activating group) is 1. The van der Waals surface area contributed by atoms with Gasteiger partial charge in [0.25, 0.3) is 0 Å². The first-order chi connectivity index (χ1) is 19.8. The number of aliphatic hydroxyl groups is 1. The number of Topliss-reactive ketones (excluding diaryl/α,β-unsaturated/α-hetero) is 1. The number of cyclic esters (lactones) is 1. The first-order valence-electron chi connectivity index (χ1n) is 15.6. The van der Waals surface area contributed by atoms with Crippen molar-refractivity contribution in [2.24, 2.45) is 34.9 Å². The van der Waals surface area contributed by atoms with Crippen LogP contribution in [0.3, 0.4) is 0 Å². The number of hydrogen-bond acceptors (Lipinski definition) is 10. The van der Waals surface area contributed by atoms with Crippen LogP contribution in [0.4, 0.5) is 4.79 Å². The van der Waals surface area contributed by atoms with Crippen molar-refractivity contribution in [2.45, 2.75) is 130 Å². The Labute approximate surface area is 257 Å². The maximum absolute atomic E-state index is 14.0. The molecule has 3 aliphatic rings. The molecule has 3 rings (SSSR count). The molecule has 0 aromatic carbocycles. The predicted molar refractivity (Wildman–Crippen MR) is 161 cm³/mol. The van der Waals surface area contributed by atoms with Gasteiger partial charge in [0.1, 0.15) is 24.2 Å². The molecule has 12 atom stereocenters. The largest absolute Gasteiger partial charge is 0.458 e. The lowest BCUT2D eigenvalue weighted by molar-refractivity contribution is -0.285. The first-order valence-corrected chi connectivity index (χ1v) is 15.6. The third-order valence-electron chi connectivity index (χ3n) is 10.2. The standard InChI is InChI=1S/C32H55N3O8/c1-13-23-32(10)26(35(33)30(39)43-32)19(5)18(4)16(2)15-31(8,9)27(20(6)24(36)21(7)28(38)41-23)42-29-25(37)22(34(11)12)14-17(3)40-29/h16-17,19-23,25-27,29,37H,4,13-15,33H2,1-3,5-12H3/t16-,17-,19+,20+,21-,22+,23-,25-,26+,27-,29+,32-/m1/s1. The molecular weight excluding hydrogens is 554 g/mol. The van der Waals surface area contributed by atoms with Crippen LogP contribution in [0.5, 0.6) is 0 Å². The third-order valence-corrected chi connectivity index (χ3v) is 10.2. The van der Waals surface area contributed by atoms with Gasteiger partial charge in [-0.3, -0.25) is 9.59 Å². The normalized spacial score (nSPS) is 43.2. The number of carbonyl (C=O) groups is 3. The van der Waals surface area contributed by atoms with E-state index >= 15 is 0 Å². The summed E-state index contributed by atoms with van der Waals surface area (Å²) >= 11 is 0. The summed E-state index contributed by atoms with van der Waals surface area (Å²) < 4.78 is 24.5. The van der Waals surface area contributed by atoms with Gasteiger partial charge in [-0.2, -0.15) is 0 Å². The molecule has 0 saturated carbocycles. The number of nitrogens with zero attached hydrogens (tertiary/aromatic N) is 2. The lowest BCUT2D eigenvalue weighted by atomic mass is 9.68. The molecule has 3 saturated heterocycles. The summed E-state index contributed by atoms with van der Waals surface area (Å²) in [5, 5.41) is 12.3. The summed E-state index contributed by atoms with van der Waals surface area (Å²) in [6, 6.07) is -0.850. The Bertz CT molecular complexity index is 1070. The molecular formula is C32H55N3O8. The van der Waals surface area contributed by atoms with E-state index in [0.29, 0.717) is 19.3 Å². The molecule has 0 bridgehead atoms. The van der Waals surface area contributed by atoms with Crippen LogP contribution >= 0.6 is 0 Å². The minimum Gasteiger partial charge on any atom is -0.458 e. The highest BCUT2D eigenvalue weighted by Crippen LogP contribution is 2.45. The molecule has 0 aromatic rings. The number of hydrogen-bond donors (Lipinski definition) is 2. The lowest BCUT2D eigenvalue weighted by Crippen LogP contribution is -2.58. The summed E-state index contributed by atoms with van der Waals surface area (Å²) in [5.74, 6) is 2.96. The molecule has 0 aromatic heterocycles. The summed E-state index contributed by atoms with van der Waals surface area (Å²) in [6.45, 7) is 21.3. The van der Waals surface area contributed by atoms with E-state index in [4.69, 9.17) is 24.8 Å². The van der Waals surface area contributed by atoms with Crippen molar-refractivity contribution in [2.75, 3.05) is 14.1 Å². The number of rotatable bonds is 4. The fourth-order valence-electron chi connectivity index (χ4n) is 7.66. The van der Waals surface area contributed by atoms with Gasteiger partial charge in [0.15, 0.2) is 17.7 Å². The molecule has 3 fully saturated rings. The van der Waals surface area contributed by atoms with Crippen LogP contribution in [0.2, 0.25) is 0 Å². The lowest BCUT2D eigenvalue weighted by Gasteiger charge is -2.47. The van der Waals surface area contributed by atoms with Gasteiger partial charge < -0.3 is 29.0 Å². The van der Waals surface area contributed by atoms with Crippen LogP contribution in [0.1, 0.15) is 81.6 Å². The zero-order valence-corrected chi connectivity index (χ0v) is 28.0. The Hall–Kier alpha value is -2.05. The van der Waals surface area contributed by atoms with E-state index in [2.05, 4.69) is 13.5 Å². The molecule has 43 heavy (non-hydrogen) atoms. The molecule has 11 heteroatoms. The van der Waals surface area contributed by atoms with E-state index in [1.807, 2.05) is 53.6 Å². The number of fused-ring (bicyclic) bond motifs is 1. The topological polar surface area (TPSA) is 141 Å². The fraction of sp³-hybridized carbons (Fsp3) is 0.844. The summed E-state index contributed by atoms with van der Waals surface area (Å²) in [5.41, 5.74) is -1.05. The smallest absolute Gasteiger partial charge is 0.425 e. The van der Waals surface area contributed by atoms with Gasteiger partial charge in [0, 0.05) is 17.9 Å². The minimum atomic E-state index is -1.26. The Morgan fingerprint density at radius 3 is 2.26 bits per heavy atom. The molecule has 11 nitrogen and oxygen atoms in total. The number of carbonyl (C=O) groups excluding carboxylic acids is 3. The zero-order chi connectivity index (χ0) is 32.8. The SMILES string of the molecule is C=C1[C@H](C)CC(C)(C)[C@H](O[C@@H]2O[C@H](C)C[C@H](N(C)C)[C@H]2O)[C@@H](C)C(=O)[C@@H](C)C(=O)O[C@H](CC)[C@@]2(C)OC(=O)N(N)[C@H]2[C@H]1C. The Balaban J connectivity index is 2.07. The second-order valence-electron chi connectivity index (χ2n) is 14.2. The van der Waals surface area contributed by atoms with Gasteiger partial charge in [-0.05, 0) is 65.5 Å². The van der Waals surface area contributed by atoms with Gasteiger partial charge in [-0.15, -0.1) is 0 Å². The molecule has 246 valence electrons. The van der Waals surface area contributed by atoms with E-state index in [1.165, 1.54) is 6.92 Å². The van der Waals surface area contributed by atoms with Gasteiger partial charge in [-0.25, -0.2) is 15.6 Å². The van der Waals surface area contributed by atoms with Crippen LogP contribution in [-0.4, -0.2) is 95.3 Å². The molecule has 1 amide bonds. The maximum atomic E-state index is 14.0. The Kier molecular flexibility index (Phi) is 10.8.